The number of benzene rings is 1. The summed E-state index contributed by atoms with van der Waals surface area (Å²) >= 11 is 0. The fourth-order valence-corrected chi connectivity index (χ4v) is 1.16. The highest BCUT2D eigenvalue weighted by Crippen LogP contribution is 2.08. The zero-order chi connectivity index (χ0) is 9.40. The Morgan fingerprint density at radius 3 is 2.17 bits per heavy atom. The third-order valence-corrected chi connectivity index (χ3v) is 1.78. The minimum absolute atomic E-state index is 1.21. The summed E-state index contributed by atoms with van der Waals surface area (Å²) in [5.74, 6) is 0. The van der Waals surface area contributed by atoms with Gasteiger partial charge in [0.2, 0.25) is 0 Å². The van der Waals surface area contributed by atoms with E-state index in [0.717, 1.165) is 0 Å². The van der Waals surface area contributed by atoms with Gasteiger partial charge in [0, 0.05) is 0 Å². The molecular weight excluding hydrogens is 144 g/mol. The minimum Gasteiger partial charge on any atom is -0.0683 e. The van der Waals surface area contributed by atoms with Gasteiger partial charge < -0.3 is 0 Å². The maximum Gasteiger partial charge on any atom is -0.0279 e. The molecule has 0 amide bonds. The van der Waals surface area contributed by atoms with E-state index >= 15 is 0 Å². The first-order valence-corrected chi connectivity index (χ1v) is 4.89. The van der Waals surface area contributed by atoms with Gasteiger partial charge in [-0.1, -0.05) is 51.5 Å². The second kappa shape index (κ2) is 6.90. The average Bonchev–Trinajstić information content (AvgIpc) is 2.13. The molecule has 1 aromatic carbocycles. The lowest BCUT2D eigenvalue weighted by atomic mass is 10.1. The highest BCUT2D eigenvalue weighted by molar-refractivity contribution is 5.25. The average molecular weight is 164 g/mol. The Morgan fingerprint density at radius 2 is 1.67 bits per heavy atom. The van der Waals surface area contributed by atoms with E-state index in [4.69, 9.17) is 0 Å². The van der Waals surface area contributed by atoms with E-state index < -0.39 is 0 Å². The molecule has 0 aliphatic heterocycles. The van der Waals surface area contributed by atoms with Crippen LogP contribution in [0.5, 0.6) is 0 Å². The van der Waals surface area contributed by atoms with E-state index in [1.807, 2.05) is 13.8 Å². The van der Waals surface area contributed by atoms with Crippen molar-refractivity contribution >= 4 is 0 Å². The molecule has 0 heterocycles. The summed E-state index contributed by atoms with van der Waals surface area (Å²) in [4.78, 5) is 0. The van der Waals surface area contributed by atoms with Crippen molar-refractivity contribution in [3.63, 3.8) is 0 Å². The molecule has 0 unspecified atom stereocenters. The number of hydrogen-bond acceptors (Lipinski definition) is 0. The molecule has 0 N–H and O–H groups in total. The molecule has 0 saturated carbocycles. The van der Waals surface area contributed by atoms with E-state index in [-0.39, 0.29) is 0 Å². The molecule has 0 saturated heterocycles. The van der Waals surface area contributed by atoms with Crippen molar-refractivity contribution in [2.75, 3.05) is 0 Å². The van der Waals surface area contributed by atoms with Crippen LogP contribution in [-0.4, -0.2) is 0 Å². The van der Waals surface area contributed by atoms with Crippen LogP contribution in [0, 0.1) is 6.92 Å². The van der Waals surface area contributed by atoms with Crippen LogP contribution < -0.4 is 0 Å². The van der Waals surface area contributed by atoms with E-state index in [2.05, 4.69) is 38.1 Å². The molecule has 0 atom stereocenters. The van der Waals surface area contributed by atoms with Crippen molar-refractivity contribution in [2.45, 2.75) is 40.5 Å². The molecule has 0 heteroatoms. The fraction of sp³-hybridized carbons (Fsp3) is 0.500. The summed E-state index contributed by atoms with van der Waals surface area (Å²) < 4.78 is 0. The molecule has 0 aliphatic carbocycles. The molecule has 12 heavy (non-hydrogen) atoms. The van der Waals surface area contributed by atoms with Crippen molar-refractivity contribution in [3.05, 3.63) is 35.4 Å². The van der Waals surface area contributed by atoms with Crippen LogP contribution in [0.25, 0.3) is 0 Å². The minimum atomic E-state index is 1.21. The Labute approximate surface area is 76.6 Å². The van der Waals surface area contributed by atoms with Crippen molar-refractivity contribution in [3.8, 4) is 0 Å². The summed E-state index contributed by atoms with van der Waals surface area (Å²) in [7, 11) is 0. The lowest BCUT2D eigenvalue weighted by Crippen LogP contribution is -1.85. The van der Waals surface area contributed by atoms with Crippen LogP contribution >= 0.6 is 0 Å². The largest absolute Gasteiger partial charge is 0.0683 e. The van der Waals surface area contributed by atoms with Gasteiger partial charge in [-0.3, -0.25) is 0 Å². The molecule has 0 nitrogen and oxygen atoms in total. The van der Waals surface area contributed by atoms with E-state index in [9.17, 15) is 0 Å². The Morgan fingerprint density at radius 1 is 1.08 bits per heavy atom. The second-order valence-corrected chi connectivity index (χ2v) is 2.68. The lowest BCUT2D eigenvalue weighted by molar-refractivity contribution is 0.913. The first kappa shape index (κ1) is 11.2. The molecule has 68 valence electrons. The maximum absolute atomic E-state index is 2.21. The molecule has 1 aromatic rings. The molecule has 0 spiro atoms. The first-order valence-electron chi connectivity index (χ1n) is 4.89. The van der Waals surface area contributed by atoms with Gasteiger partial charge >= 0.3 is 0 Å². The van der Waals surface area contributed by atoms with Crippen LogP contribution in [0.3, 0.4) is 0 Å². The third kappa shape index (κ3) is 3.56. The SMILES string of the molecule is CC.CCCc1ccccc1C. The van der Waals surface area contributed by atoms with Crippen LogP contribution in [0.15, 0.2) is 24.3 Å². The van der Waals surface area contributed by atoms with Crippen LogP contribution in [0.1, 0.15) is 38.3 Å². The first-order chi connectivity index (χ1) is 5.84. The summed E-state index contributed by atoms with van der Waals surface area (Å²) in [5.41, 5.74) is 2.91. The van der Waals surface area contributed by atoms with Crippen molar-refractivity contribution in [2.24, 2.45) is 0 Å². The Hall–Kier alpha value is -0.780. The van der Waals surface area contributed by atoms with Gasteiger partial charge in [0.1, 0.15) is 0 Å². The monoisotopic (exact) mass is 164 g/mol. The topological polar surface area (TPSA) is 0 Å². The van der Waals surface area contributed by atoms with Crippen molar-refractivity contribution < 1.29 is 0 Å². The van der Waals surface area contributed by atoms with Gasteiger partial charge in [-0.2, -0.15) is 0 Å². The molecule has 0 aromatic heterocycles. The summed E-state index contributed by atoms with van der Waals surface area (Å²) in [6.07, 6.45) is 2.46. The molecular formula is C12H20. The highest BCUT2D eigenvalue weighted by atomic mass is 14.0. The number of rotatable bonds is 2. The Kier molecular flexibility index (Phi) is 6.45. The second-order valence-electron chi connectivity index (χ2n) is 2.68. The van der Waals surface area contributed by atoms with E-state index in [1.165, 1.54) is 24.0 Å². The molecule has 0 fully saturated rings. The molecule has 0 aliphatic rings. The van der Waals surface area contributed by atoms with Crippen LogP contribution in [0.2, 0.25) is 0 Å². The maximum atomic E-state index is 2.21. The predicted molar refractivity (Wildman–Crippen MR) is 56.5 cm³/mol. The van der Waals surface area contributed by atoms with Gasteiger partial charge in [0.05, 0.1) is 0 Å². The van der Waals surface area contributed by atoms with Gasteiger partial charge in [-0.15, -0.1) is 0 Å². The quantitative estimate of drug-likeness (QED) is 0.620. The highest BCUT2D eigenvalue weighted by Gasteiger charge is 1.92. The normalized spacial score (nSPS) is 8.67. The summed E-state index contributed by atoms with van der Waals surface area (Å²) in [6.45, 7) is 8.39. The summed E-state index contributed by atoms with van der Waals surface area (Å²) in [6, 6.07) is 8.58. The van der Waals surface area contributed by atoms with Crippen LogP contribution in [-0.2, 0) is 6.42 Å². The Bertz CT molecular complexity index is 201. The van der Waals surface area contributed by atoms with E-state index in [1.54, 1.807) is 0 Å². The van der Waals surface area contributed by atoms with Crippen LogP contribution in [0.4, 0.5) is 0 Å². The van der Waals surface area contributed by atoms with E-state index in [0.29, 0.717) is 0 Å². The Balaban J connectivity index is 0.000000561. The smallest absolute Gasteiger partial charge is 0.0279 e. The summed E-state index contributed by atoms with van der Waals surface area (Å²) in [5, 5.41) is 0. The van der Waals surface area contributed by atoms with Gasteiger partial charge in [-0.05, 0) is 24.5 Å². The lowest BCUT2D eigenvalue weighted by Gasteiger charge is -2.01. The molecule has 1 rings (SSSR count). The number of aryl methyl sites for hydroxylation is 2. The van der Waals surface area contributed by atoms with Crippen molar-refractivity contribution in [1.82, 2.24) is 0 Å². The van der Waals surface area contributed by atoms with Gasteiger partial charge in [0.25, 0.3) is 0 Å². The molecule has 0 radical (unpaired) electrons. The van der Waals surface area contributed by atoms with Crippen molar-refractivity contribution in [1.29, 1.82) is 0 Å². The zero-order valence-corrected chi connectivity index (χ0v) is 8.72. The molecule has 0 bridgehead atoms. The standard InChI is InChI=1S/C10H14.C2H6/c1-3-6-10-8-5-4-7-9(10)2;1-2/h4-5,7-8H,3,6H2,1-2H3;1-2H3. The third-order valence-electron chi connectivity index (χ3n) is 1.78. The predicted octanol–water partition coefficient (Wildman–Crippen LogP) is 3.97. The zero-order valence-electron chi connectivity index (χ0n) is 8.72. The number of hydrogen-bond donors (Lipinski definition) is 0. The fourth-order valence-electron chi connectivity index (χ4n) is 1.16. The van der Waals surface area contributed by atoms with Gasteiger partial charge in [0.15, 0.2) is 0 Å². The van der Waals surface area contributed by atoms with Gasteiger partial charge in [-0.25, -0.2) is 0 Å².